The molecule has 4 N–H and O–H groups in total. The maximum absolute atomic E-state index is 9.28. The molecule has 0 atom stereocenters. The molecule has 0 spiro atoms. The Kier molecular flexibility index (Phi) is 2.59. The highest BCUT2D eigenvalue weighted by Crippen LogP contribution is 2.35. The number of benzene rings is 1. The van der Waals surface area contributed by atoms with Crippen LogP contribution < -0.4 is 5.43 Å². The number of nitrogens with zero attached hydrogens (tertiary/aromatic N) is 1. The maximum atomic E-state index is 9.28. The van der Waals surface area contributed by atoms with E-state index in [4.69, 9.17) is 10.2 Å². The van der Waals surface area contributed by atoms with Gasteiger partial charge in [-0.1, -0.05) is 0 Å². The minimum absolute atomic E-state index is 0.324. The zero-order valence-electron chi connectivity index (χ0n) is 7.02. The van der Waals surface area contributed by atoms with Gasteiger partial charge in [0.2, 0.25) is 5.75 Å². The normalized spacial score (nSPS) is 10.5. The van der Waals surface area contributed by atoms with E-state index >= 15 is 0 Å². The van der Waals surface area contributed by atoms with Crippen LogP contribution in [0.1, 0.15) is 5.56 Å². The van der Waals surface area contributed by atoms with Crippen LogP contribution in [0.25, 0.3) is 0 Å². The van der Waals surface area contributed by atoms with E-state index in [1.54, 1.807) is 7.05 Å². The van der Waals surface area contributed by atoms with Crippen LogP contribution in [0.2, 0.25) is 0 Å². The monoisotopic (exact) mass is 182 g/mol. The molecule has 0 aliphatic carbocycles. The first-order chi connectivity index (χ1) is 6.16. The van der Waals surface area contributed by atoms with E-state index in [1.807, 2.05) is 0 Å². The number of nitrogens with one attached hydrogen (secondary N) is 1. The number of rotatable bonds is 2. The van der Waals surface area contributed by atoms with Gasteiger partial charge < -0.3 is 20.7 Å². The van der Waals surface area contributed by atoms with Crippen LogP contribution >= 0.6 is 0 Å². The predicted octanol–water partition coefficient (Wildman–Crippen LogP) is 0.357. The summed E-state index contributed by atoms with van der Waals surface area (Å²) in [6.45, 7) is 0. The summed E-state index contributed by atoms with van der Waals surface area (Å²) in [5.74, 6) is -1.29. The second kappa shape index (κ2) is 3.66. The van der Waals surface area contributed by atoms with Crippen LogP contribution in [0.4, 0.5) is 0 Å². The number of aromatic hydroxyl groups is 3. The van der Waals surface area contributed by atoms with Gasteiger partial charge in [-0.25, -0.2) is 0 Å². The highest BCUT2D eigenvalue weighted by Gasteiger charge is 2.08. The molecule has 0 fully saturated rings. The first-order valence-corrected chi connectivity index (χ1v) is 3.60. The zero-order valence-corrected chi connectivity index (χ0v) is 7.02. The van der Waals surface area contributed by atoms with Crippen molar-refractivity contribution < 1.29 is 15.3 Å². The molecule has 1 aromatic rings. The summed E-state index contributed by atoms with van der Waals surface area (Å²) in [5.41, 5.74) is 2.82. The predicted molar refractivity (Wildman–Crippen MR) is 48.1 cm³/mol. The molecule has 0 radical (unpaired) electrons. The summed E-state index contributed by atoms with van der Waals surface area (Å²) in [7, 11) is 1.60. The van der Waals surface area contributed by atoms with Gasteiger partial charge in [-0.3, -0.25) is 0 Å². The van der Waals surface area contributed by atoms with Gasteiger partial charge in [0.1, 0.15) is 0 Å². The fourth-order valence-corrected chi connectivity index (χ4v) is 0.823. The summed E-state index contributed by atoms with van der Waals surface area (Å²) in [4.78, 5) is 0. The van der Waals surface area contributed by atoms with Gasteiger partial charge in [-0.15, -0.1) is 0 Å². The van der Waals surface area contributed by atoms with Crippen molar-refractivity contribution in [3.63, 3.8) is 0 Å². The quantitative estimate of drug-likeness (QED) is 0.302. The minimum Gasteiger partial charge on any atom is -0.504 e. The molecule has 1 rings (SSSR count). The molecule has 0 aromatic heterocycles. The van der Waals surface area contributed by atoms with E-state index in [0.717, 1.165) is 0 Å². The molecule has 70 valence electrons. The maximum Gasteiger partial charge on any atom is 0.200 e. The van der Waals surface area contributed by atoms with Crippen LogP contribution in [-0.2, 0) is 0 Å². The van der Waals surface area contributed by atoms with Gasteiger partial charge in [0.25, 0.3) is 0 Å². The lowest BCUT2D eigenvalue weighted by atomic mass is 10.2. The molecule has 5 heteroatoms. The van der Waals surface area contributed by atoms with Gasteiger partial charge in [-0.05, 0) is 12.1 Å². The highest BCUT2D eigenvalue weighted by atomic mass is 16.3. The minimum atomic E-state index is -0.542. The van der Waals surface area contributed by atoms with Crippen LogP contribution in [0, 0.1) is 0 Å². The van der Waals surface area contributed by atoms with E-state index in [1.165, 1.54) is 18.3 Å². The van der Waals surface area contributed by atoms with Gasteiger partial charge in [-0.2, -0.15) is 5.10 Å². The summed E-state index contributed by atoms with van der Waals surface area (Å²) < 4.78 is 0. The van der Waals surface area contributed by atoms with Crippen molar-refractivity contribution in [2.75, 3.05) is 7.05 Å². The second-order valence-electron chi connectivity index (χ2n) is 2.35. The van der Waals surface area contributed by atoms with Crippen LogP contribution in [0.5, 0.6) is 17.2 Å². The summed E-state index contributed by atoms with van der Waals surface area (Å²) in [6.07, 6.45) is 1.33. The van der Waals surface area contributed by atoms with Crippen molar-refractivity contribution in [1.29, 1.82) is 0 Å². The molecular weight excluding hydrogens is 172 g/mol. The molecule has 0 saturated carbocycles. The first kappa shape index (κ1) is 9.18. The Morgan fingerprint density at radius 2 is 1.92 bits per heavy atom. The van der Waals surface area contributed by atoms with Gasteiger partial charge >= 0.3 is 0 Å². The SMILES string of the molecule is CN/N=C/c1ccc(O)c(O)c1O. The van der Waals surface area contributed by atoms with E-state index in [9.17, 15) is 5.11 Å². The number of hydrazone groups is 1. The Hall–Kier alpha value is -1.91. The van der Waals surface area contributed by atoms with E-state index in [0.29, 0.717) is 5.56 Å². The van der Waals surface area contributed by atoms with Crippen molar-refractivity contribution in [1.82, 2.24) is 5.43 Å². The Balaban J connectivity index is 3.11. The molecule has 0 aliphatic rings. The van der Waals surface area contributed by atoms with E-state index in [-0.39, 0.29) is 11.5 Å². The lowest BCUT2D eigenvalue weighted by Crippen LogP contribution is -1.94. The fraction of sp³-hybridized carbons (Fsp3) is 0.125. The van der Waals surface area contributed by atoms with E-state index in [2.05, 4.69) is 10.5 Å². The number of phenols is 3. The number of phenolic OH excluding ortho intramolecular Hbond substituents is 3. The molecule has 0 heterocycles. The Bertz CT molecular complexity index is 336. The third-order valence-corrected chi connectivity index (χ3v) is 1.49. The largest absolute Gasteiger partial charge is 0.504 e. The van der Waals surface area contributed by atoms with Crippen LogP contribution in [0.15, 0.2) is 17.2 Å². The zero-order chi connectivity index (χ0) is 9.84. The number of hydrogen-bond donors (Lipinski definition) is 4. The average Bonchev–Trinajstić information content (AvgIpc) is 2.13. The standard InChI is InChI=1S/C8H10N2O3/c1-9-10-4-5-2-3-6(11)8(13)7(5)12/h2-4,9,11-13H,1H3/b10-4+. The molecule has 0 unspecified atom stereocenters. The fourth-order valence-electron chi connectivity index (χ4n) is 0.823. The second-order valence-corrected chi connectivity index (χ2v) is 2.35. The van der Waals surface area contributed by atoms with Gasteiger partial charge in [0, 0.05) is 12.6 Å². The summed E-state index contributed by atoms with van der Waals surface area (Å²) in [5, 5.41) is 31.0. The Morgan fingerprint density at radius 1 is 1.23 bits per heavy atom. The molecule has 0 amide bonds. The van der Waals surface area contributed by atoms with Crippen molar-refractivity contribution >= 4 is 6.21 Å². The molecule has 0 bridgehead atoms. The van der Waals surface area contributed by atoms with Crippen molar-refractivity contribution in [3.8, 4) is 17.2 Å². The Labute approximate surface area is 75.0 Å². The average molecular weight is 182 g/mol. The lowest BCUT2D eigenvalue weighted by molar-refractivity contribution is 0.367. The highest BCUT2D eigenvalue weighted by molar-refractivity contribution is 5.85. The Morgan fingerprint density at radius 3 is 2.54 bits per heavy atom. The van der Waals surface area contributed by atoms with Gasteiger partial charge in [0.15, 0.2) is 11.5 Å². The molecule has 13 heavy (non-hydrogen) atoms. The van der Waals surface area contributed by atoms with Crippen LogP contribution in [-0.4, -0.2) is 28.6 Å². The third-order valence-electron chi connectivity index (χ3n) is 1.49. The number of hydrogen-bond acceptors (Lipinski definition) is 5. The smallest absolute Gasteiger partial charge is 0.200 e. The molecule has 0 saturated heterocycles. The molecule has 1 aromatic carbocycles. The van der Waals surface area contributed by atoms with E-state index < -0.39 is 5.75 Å². The molecule has 0 aliphatic heterocycles. The summed E-state index contributed by atoms with van der Waals surface area (Å²) in [6, 6.07) is 2.71. The van der Waals surface area contributed by atoms with Crippen molar-refractivity contribution in [2.24, 2.45) is 5.10 Å². The topological polar surface area (TPSA) is 85.1 Å². The third kappa shape index (κ3) is 1.81. The van der Waals surface area contributed by atoms with Gasteiger partial charge in [0.05, 0.1) is 6.21 Å². The summed E-state index contributed by atoms with van der Waals surface area (Å²) >= 11 is 0. The van der Waals surface area contributed by atoms with Crippen molar-refractivity contribution in [3.05, 3.63) is 17.7 Å². The molecular formula is C8H10N2O3. The first-order valence-electron chi connectivity index (χ1n) is 3.60. The lowest BCUT2D eigenvalue weighted by Gasteiger charge is -2.02. The van der Waals surface area contributed by atoms with Crippen molar-refractivity contribution in [2.45, 2.75) is 0 Å². The van der Waals surface area contributed by atoms with Crippen LogP contribution in [0.3, 0.4) is 0 Å². The molecule has 5 nitrogen and oxygen atoms in total.